The highest BCUT2D eigenvalue weighted by Crippen LogP contribution is 2.32. The lowest BCUT2D eigenvalue weighted by atomic mass is 10.0. The molecule has 4 heteroatoms. The summed E-state index contributed by atoms with van der Waals surface area (Å²) in [5.74, 6) is 1.02. The molecule has 5 rings (SSSR count). The first-order valence-corrected chi connectivity index (χ1v) is 11.1. The molecule has 0 spiro atoms. The molecule has 1 aliphatic heterocycles. The normalized spacial score (nSPS) is 14.8. The van der Waals surface area contributed by atoms with E-state index in [1.165, 1.54) is 27.5 Å². The second-order valence-electron chi connectivity index (χ2n) is 8.62. The van der Waals surface area contributed by atoms with Crippen LogP contribution in [0.1, 0.15) is 16.7 Å². The number of hydrogen-bond donors (Lipinski definition) is 1. The van der Waals surface area contributed by atoms with Crippen molar-refractivity contribution in [3.8, 4) is 11.3 Å². The maximum atomic E-state index is 4.73. The summed E-state index contributed by atoms with van der Waals surface area (Å²) in [7, 11) is 0. The summed E-state index contributed by atoms with van der Waals surface area (Å²) in [6.07, 6.45) is 0. The van der Waals surface area contributed by atoms with E-state index in [4.69, 9.17) is 10.2 Å². The van der Waals surface area contributed by atoms with E-state index < -0.39 is 0 Å². The van der Waals surface area contributed by atoms with Crippen molar-refractivity contribution >= 4 is 16.6 Å². The monoisotopic (exact) mass is 409 g/mol. The van der Waals surface area contributed by atoms with Crippen molar-refractivity contribution in [2.24, 2.45) is 0 Å². The molecular weight excluding hydrogens is 380 g/mol. The maximum absolute atomic E-state index is 4.73. The van der Waals surface area contributed by atoms with Gasteiger partial charge in [-0.05, 0) is 31.0 Å². The van der Waals surface area contributed by atoms with E-state index in [1.54, 1.807) is 4.90 Å². The van der Waals surface area contributed by atoms with Crippen LogP contribution in [0, 0.1) is 13.8 Å². The van der Waals surface area contributed by atoms with Crippen LogP contribution < -0.4 is 9.80 Å². The van der Waals surface area contributed by atoms with Crippen LogP contribution in [0.25, 0.3) is 22.0 Å². The smallest absolute Gasteiger partial charge is 0.159 e. The standard InChI is InChI=1S/C27H28N4/c1-20-12-13-23(18-21(20)2)26-24-10-6-7-11-25(24)27(29-28-26)31-16-14-30(15-17-31)19-22-8-4-3-5-9-22/h3-13,18H,14-17,19H2,1-2H3/p+1. The summed E-state index contributed by atoms with van der Waals surface area (Å²) in [6.45, 7) is 9.62. The minimum atomic E-state index is 0.968. The number of anilines is 1. The number of aryl methyl sites for hydroxylation is 2. The van der Waals surface area contributed by atoms with Crippen molar-refractivity contribution in [1.29, 1.82) is 0 Å². The van der Waals surface area contributed by atoms with Gasteiger partial charge in [0.05, 0.1) is 26.2 Å². The van der Waals surface area contributed by atoms with E-state index in [9.17, 15) is 0 Å². The van der Waals surface area contributed by atoms with Crippen LogP contribution in [0.5, 0.6) is 0 Å². The Morgan fingerprint density at radius 1 is 0.774 bits per heavy atom. The molecule has 4 aromatic rings. The summed E-state index contributed by atoms with van der Waals surface area (Å²) in [6, 6.07) is 25.9. The lowest BCUT2D eigenvalue weighted by Gasteiger charge is -2.33. The first-order chi connectivity index (χ1) is 15.2. The van der Waals surface area contributed by atoms with E-state index in [0.29, 0.717) is 0 Å². The molecule has 1 N–H and O–H groups in total. The Morgan fingerprint density at radius 3 is 2.23 bits per heavy atom. The lowest BCUT2D eigenvalue weighted by Crippen LogP contribution is -3.13. The van der Waals surface area contributed by atoms with E-state index in [0.717, 1.165) is 49.8 Å². The molecular formula is C27H29N4+. The quantitative estimate of drug-likeness (QED) is 0.556. The molecule has 0 unspecified atom stereocenters. The number of fused-ring (bicyclic) bond motifs is 1. The topological polar surface area (TPSA) is 33.5 Å². The molecule has 2 heterocycles. The molecule has 1 fully saturated rings. The fourth-order valence-corrected chi connectivity index (χ4v) is 4.52. The van der Waals surface area contributed by atoms with E-state index in [1.807, 2.05) is 0 Å². The molecule has 1 aromatic heterocycles. The highest BCUT2D eigenvalue weighted by Gasteiger charge is 2.23. The molecule has 156 valence electrons. The largest absolute Gasteiger partial charge is 0.343 e. The third kappa shape index (κ3) is 4.04. The number of rotatable bonds is 4. The van der Waals surface area contributed by atoms with Gasteiger partial charge in [0.15, 0.2) is 5.82 Å². The molecule has 1 aliphatic rings. The first-order valence-electron chi connectivity index (χ1n) is 11.1. The van der Waals surface area contributed by atoms with Gasteiger partial charge in [-0.15, -0.1) is 10.2 Å². The predicted octanol–water partition coefficient (Wildman–Crippen LogP) is 3.82. The van der Waals surface area contributed by atoms with Gasteiger partial charge in [0.1, 0.15) is 12.2 Å². The Hall–Kier alpha value is -3.24. The molecule has 0 radical (unpaired) electrons. The van der Waals surface area contributed by atoms with Gasteiger partial charge < -0.3 is 9.80 Å². The summed E-state index contributed by atoms with van der Waals surface area (Å²) < 4.78 is 0. The molecule has 31 heavy (non-hydrogen) atoms. The minimum Gasteiger partial charge on any atom is -0.343 e. The third-order valence-corrected chi connectivity index (χ3v) is 6.52. The zero-order valence-corrected chi connectivity index (χ0v) is 18.3. The number of nitrogens with zero attached hydrogens (tertiary/aromatic N) is 3. The second-order valence-corrected chi connectivity index (χ2v) is 8.62. The highest BCUT2D eigenvalue weighted by atomic mass is 15.3. The molecule has 1 saturated heterocycles. The van der Waals surface area contributed by atoms with Crippen LogP contribution in [0.4, 0.5) is 5.82 Å². The van der Waals surface area contributed by atoms with E-state index >= 15 is 0 Å². The molecule has 4 nitrogen and oxygen atoms in total. The summed E-state index contributed by atoms with van der Waals surface area (Å²) in [5.41, 5.74) is 6.10. The van der Waals surface area contributed by atoms with Crippen LogP contribution in [0.2, 0.25) is 0 Å². The maximum Gasteiger partial charge on any atom is 0.159 e. The average Bonchev–Trinajstić information content (AvgIpc) is 2.81. The summed E-state index contributed by atoms with van der Waals surface area (Å²) in [4.78, 5) is 4.04. The third-order valence-electron chi connectivity index (χ3n) is 6.52. The SMILES string of the molecule is Cc1ccc(-c2nnc(N3CC[NH+](Cc4ccccc4)CC3)c3ccccc23)cc1C. The van der Waals surface area contributed by atoms with E-state index in [-0.39, 0.29) is 0 Å². The fourth-order valence-electron chi connectivity index (χ4n) is 4.52. The molecule has 0 atom stereocenters. The van der Waals surface area contributed by atoms with Crippen molar-refractivity contribution in [2.75, 3.05) is 31.1 Å². The highest BCUT2D eigenvalue weighted by molar-refractivity contribution is 6.00. The Morgan fingerprint density at radius 2 is 1.48 bits per heavy atom. The van der Waals surface area contributed by atoms with Gasteiger partial charge in [0, 0.05) is 21.9 Å². The van der Waals surface area contributed by atoms with Crippen molar-refractivity contribution in [2.45, 2.75) is 20.4 Å². The number of aromatic nitrogens is 2. The Bertz CT molecular complexity index is 1190. The molecule has 0 saturated carbocycles. The van der Waals surface area contributed by atoms with Crippen molar-refractivity contribution < 1.29 is 4.90 Å². The van der Waals surface area contributed by atoms with Crippen LogP contribution in [0.15, 0.2) is 72.8 Å². The number of quaternary nitrogens is 1. The average molecular weight is 410 g/mol. The van der Waals surface area contributed by atoms with Crippen molar-refractivity contribution in [3.63, 3.8) is 0 Å². The Kier molecular flexibility index (Phi) is 5.39. The summed E-state index contributed by atoms with van der Waals surface area (Å²) in [5, 5.41) is 11.8. The fraction of sp³-hybridized carbons (Fsp3) is 0.259. The van der Waals surface area contributed by atoms with Gasteiger partial charge in [-0.3, -0.25) is 0 Å². The van der Waals surface area contributed by atoms with Crippen molar-refractivity contribution in [3.05, 3.63) is 89.5 Å². The molecule has 0 bridgehead atoms. The van der Waals surface area contributed by atoms with Gasteiger partial charge in [-0.1, -0.05) is 66.7 Å². The van der Waals surface area contributed by atoms with Gasteiger partial charge in [0.2, 0.25) is 0 Å². The molecule has 3 aromatic carbocycles. The predicted molar refractivity (Wildman–Crippen MR) is 128 cm³/mol. The van der Waals surface area contributed by atoms with E-state index in [2.05, 4.69) is 91.5 Å². The number of nitrogens with one attached hydrogen (secondary N) is 1. The number of benzene rings is 3. The van der Waals surface area contributed by atoms with Gasteiger partial charge in [-0.25, -0.2) is 0 Å². The minimum absolute atomic E-state index is 0.968. The zero-order valence-electron chi connectivity index (χ0n) is 18.3. The second kappa shape index (κ2) is 8.48. The molecule has 0 aliphatic carbocycles. The van der Waals surface area contributed by atoms with Crippen molar-refractivity contribution in [1.82, 2.24) is 10.2 Å². The van der Waals surface area contributed by atoms with Gasteiger partial charge in [0.25, 0.3) is 0 Å². The lowest BCUT2D eigenvalue weighted by molar-refractivity contribution is -0.914. The first kappa shape index (κ1) is 19.7. The van der Waals surface area contributed by atoms with Gasteiger partial charge >= 0.3 is 0 Å². The van der Waals surface area contributed by atoms with Crippen LogP contribution in [-0.4, -0.2) is 36.4 Å². The van der Waals surface area contributed by atoms with Gasteiger partial charge in [-0.2, -0.15) is 0 Å². The number of hydrogen-bond acceptors (Lipinski definition) is 3. The summed E-state index contributed by atoms with van der Waals surface area (Å²) >= 11 is 0. The Balaban J connectivity index is 1.41. The number of piperazine rings is 1. The van der Waals surface area contributed by atoms with Crippen LogP contribution >= 0.6 is 0 Å². The van der Waals surface area contributed by atoms with Crippen LogP contribution in [-0.2, 0) is 6.54 Å². The Labute approximate surface area is 184 Å². The zero-order chi connectivity index (χ0) is 21.2. The molecule has 0 amide bonds. The van der Waals surface area contributed by atoms with Crippen LogP contribution in [0.3, 0.4) is 0 Å².